The normalized spacial score (nSPS) is 10.9. The van der Waals surface area contributed by atoms with Crippen LogP contribution in [0.4, 0.5) is 0 Å². The molecule has 0 saturated heterocycles. The number of halogens is 3. The maximum absolute atomic E-state index is 6.13. The van der Waals surface area contributed by atoms with Crippen molar-refractivity contribution in [3.05, 3.63) is 54.7 Å². The molecule has 0 amide bonds. The highest BCUT2D eigenvalue weighted by Crippen LogP contribution is 2.31. The molecule has 0 atom stereocenters. The van der Waals surface area contributed by atoms with Crippen LogP contribution in [0.3, 0.4) is 0 Å². The third-order valence-electron chi connectivity index (χ3n) is 2.54. The second kappa shape index (κ2) is 6.27. The topological polar surface area (TPSA) is 12.0 Å². The molecule has 1 N–H and O–H groups in total. The lowest BCUT2D eigenvalue weighted by molar-refractivity contribution is 0.701. The molecule has 2 aromatic rings. The Balaban J connectivity index is 2.00. The Kier molecular flexibility index (Phi) is 4.93. The first-order valence-corrected chi connectivity index (χ1v) is 7.41. The zero-order valence-corrected chi connectivity index (χ0v) is 12.9. The van der Waals surface area contributed by atoms with Crippen LogP contribution in [-0.2, 0) is 13.1 Å². The van der Waals surface area contributed by atoms with E-state index in [0.717, 1.165) is 12.1 Å². The molecule has 0 fully saturated rings. The van der Waals surface area contributed by atoms with Crippen LogP contribution in [0, 0.1) is 6.92 Å². The van der Waals surface area contributed by atoms with Gasteiger partial charge < -0.3 is 5.32 Å². The molecule has 18 heavy (non-hydrogen) atoms. The Bertz CT molecular complexity index is 551. The van der Waals surface area contributed by atoms with Crippen LogP contribution in [-0.4, -0.2) is 0 Å². The second-order valence-electron chi connectivity index (χ2n) is 3.94. The highest BCUT2D eigenvalue weighted by Gasteiger charge is 2.09. The molecule has 5 heteroatoms. The van der Waals surface area contributed by atoms with E-state index in [1.54, 1.807) is 23.5 Å². The average Bonchev–Trinajstić information content (AvgIpc) is 2.74. The summed E-state index contributed by atoms with van der Waals surface area (Å²) in [6.45, 7) is 3.51. The molecule has 0 unspecified atom stereocenters. The van der Waals surface area contributed by atoms with Crippen LogP contribution in [0.25, 0.3) is 0 Å². The van der Waals surface area contributed by atoms with E-state index in [0.29, 0.717) is 21.6 Å². The van der Waals surface area contributed by atoms with Gasteiger partial charge >= 0.3 is 0 Å². The van der Waals surface area contributed by atoms with Crippen LogP contribution in [0.2, 0.25) is 15.1 Å². The van der Waals surface area contributed by atoms with Crippen molar-refractivity contribution >= 4 is 46.1 Å². The largest absolute Gasteiger partial charge is 0.308 e. The molecular weight excluding hydrogens is 309 g/mol. The minimum absolute atomic E-state index is 0.527. The molecule has 0 bridgehead atoms. The van der Waals surface area contributed by atoms with E-state index in [9.17, 15) is 0 Å². The highest BCUT2D eigenvalue weighted by atomic mass is 35.5. The van der Waals surface area contributed by atoms with Crippen LogP contribution in [0.5, 0.6) is 0 Å². The maximum atomic E-state index is 6.13. The molecule has 1 aromatic carbocycles. The molecule has 1 heterocycles. The zero-order valence-electron chi connectivity index (χ0n) is 9.77. The van der Waals surface area contributed by atoms with E-state index in [1.165, 1.54) is 9.75 Å². The molecule has 96 valence electrons. The molecule has 0 spiro atoms. The minimum atomic E-state index is 0.527. The Hall–Kier alpha value is -0.250. The zero-order chi connectivity index (χ0) is 13.1. The van der Waals surface area contributed by atoms with Crippen LogP contribution < -0.4 is 5.32 Å². The fourth-order valence-corrected chi connectivity index (χ4v) is 3.16. The first kappa shape index (κ1) is 14.2. The van der Waals surface area contributed by atoms with E-state index in [4.69, 9.17) is 34.8 Å². The fraction of sp³-hybridized carbons (Fsp3) is 0.231. The Morgan fingerprint density at radius 2 is 1.72 bits per heavy atom. The van der Waals surface area contributed by atoms with Crippen molar-refractivity contribution in [2.45, 2.75) is 20.0 Å². The first-order valence-electron chi connectivity index (χ1n) is 5.46. The van der Waals surface area contributed by atoms with Gasteiger partial charge in [0.2, 0.25) is 0 Å². The maximum Gasteiger partial charge on any atom is 0.0652 e. The van der Waals surface area contributed by atoms with Crippen molar-refractivity contribution in [3.63, 3.8) is 0 Å². The summed E-state index contributed by atoms with van der Waals surface area (Å²) < 4.78 is 0. The van der Waals surface area contributed by atoms with Gasteiger partial charge in [0.05, 0.1) is 10.0 Å². The molecule has 0 aliphatic heterocycles. The van der Waals surface area contributed by atoms with Crippen molar-refractivity contribution in [1.29, 1.82) is 0 Å². The van der Waals surface area contributed by atoms with Crippen LogP contribution >= 0.6 is 46.1 Å². The fourth-order valence-electron chi connectivity index (χ4n) is 1.62. The van der Waals surface area contributed by atoms with E-state index in [1.807, 2.05) is 0 Å². The van der Waals surface area contributed by atoms with E-state index in [2.05, 4.69) is 24.4 Å². The predicted octanol–water partition coefficient (Wildman–Crippen LogP) is 5.31. The summed E-state index contributed by atoms with van der Waals surface area (Å²) in [4.78, 5) is 2.60. The van der Waals surface area contributed by atoms with Gasteiger partial charge in [0.15, 0.2) is 0 Å². The standard InChI is InChI=1S/C13H12Cl3NS/c1-8-2-3-9(18-8)6-17-7-10-11(14)4-5-12(15)13(10)16/h2-5,17H,6-7H2,1H3. The van der Waals surface area contributed by atoms with Crippen molar-refractivity contribution in [1.82, 2.24) is 5.32 Å². The lowest BCUT2D eigenvalue weighted by Gasteiger charge is -2.09. The third kappa shape index (κ3) is 3.40. The monoisotopic (exact) mass is 319 g/mol. The van der Waals surface area contributed by atoms with Gasteiger partial charge in [-0.2, -0.15) is 0 Å². The molecule has 0 aliphatic carbocycles. The number of nitrogens with one attached hydrogen (secondary N) is 1. The number of rotatable bonds is 4. The highest BCUT2D eigenvalue weighted by molar-refractivity contribution is 7.11. The Morgan fingerprint density at radius 1 is 1.00 bits per heavy atom. The number of hydrogen-bond acceptors (Lipinski definition) is 2. The second-order valence-corrected chi connectivity index (χ2v) is 6.50. The van der Waals surface area contributed by atoms with Crippen molar-refractivity contribution < 1.29 is 0 Å². The van der Waals surface area contributed by atoms with E-state index < -0.39 is 0 Å². The summed E-state index contributed by atoms with van der Waals surface area (Å²) in [5.74, 6) is 0. The summed E-state index contributed by atoms with van der Waals surface area (Å²) in [6.07, 6.45) is 0. The quantitative estimate of drug-likeness (QED) is 0.753. The molecule has 1 aromatic heterocycles. The summed E-state index contributed by atoms with van der Waals surface area (Å²) >= 11 is 20.0. The van der Waals surface area contributed by atoms with E-state index >= 15 is 0 Å². The number of aryl methyl sites for hydroxylation is 1. The van der Waals surface area contributed by atoms with Gasteiger partial charge in [-0.1, -0.05) is 34.8 Å². The van der Waals surface area contributed by atoms with Gasteiger partial charge in [0, 0.05) is 33.4 Å². The molecule has 0 radical (unpaired) electrons. The van der Waals surface area contributed by atoms with Gasteiger partial charge in [-0.05, 0) is 31.2 Å². The van der Waals surface area contributed by atoms with Crippen molar-refractivity contribution in [3.8, 4) is 0 Å². The first-order chi connectivity index (χ1) is 8.58. The molecule has 0 saturated carbocycles. The molecule has 1 nitrogen and oxygen atoms in total. The van der Waals surface area contributed by atoms with Gasteiger partial charge in [-0.3, -0.25) is 0 Å². The minimum Gasteiger partial charge on any atom is -0.308 e. The molecular formula is C13H12Cl3NS. The molecule has 0 aliphatic rings. The lowest BCUT2D eigenvalue weighted by atomic mass is 10.2. The van der Waals surface area contributed by atoms with Gasteiger partial charge in [0.1, 0.15) is 0 Å². The Labute approximate surface area is 126 Å². The third-order valence-corrected chi connectivity index (χ3v) is 4.73. The van der Waals surface area contributed by atoms with Gasteiger partial charge in [0.25, 0.3) is 0 Å². The smallest absolute Gasteiger partial charge is 0.0652 e. The van der Waals surface area contributed by atoms with Crippen LogP contribution in [0.15, 0.2) is 24.3 Å². The van der Waals surface area contributed by atoms with Crippen LogP contribution in [0.1, 0.15) is 15.3 Å². The number of hydrogen-bond donors (Lipinski definition) is 1. The summed E-state index contributed by atoms with van der Waals surface area (Å²) in [6, 6.07) is 7.70. The number of thiophene rings is 1. The van der Waals surface area contributed by atoms with Crippen molar-refractivity contribution in [2.24, 2.45) is 0 Å². The van der Waals surface area contributed by atoms with Gasteiger partial charge in [-0.15, -0.1) is 11.3 Å². The van der Waals surface area contributed by atoms with Gasteiger partial charge in [-0.25, -0.2) is 0 Å². The lowest BCUT2D eigenvalue weighted by Crippen LogP contribution is -2.12. The number of benzene rings is 1. The summed E-state index contributed by atoms with van der Waals surface area (Å²) in [5, 5.41) is 5.02. The summed E-state index contributed by atoms with van der Waals surface area (Å²) in [5.41, 5.74) is 0.846. The average molecular weight is 321 g/mol. The van der Waals surface area contributed by atoms with Crippen molar-refractivity contribution in [2.75, 3.05) is 0 Å². The summed E-state index contributed by atoms with van der Waals surface area (Å²) in [7, 11) is 0. The SMILES string of the molecule is Cc1ccc(CNCc2c(Cl)ccc(Cl)c2Cl)s1. The Morgan fingerprint density at radius 3 is 2.39 bits per heavy atom. The predicted molar refractivity (Wildman–Crippen MR) is 81.1 cm³/mol. The van der Waals surface area contributed by atoms with E-state index in [-0.39, 0.29) is 0 Å². The molecule has 2 rings (SSSR count).